The number of rotatable bonds is 9. The lowest BCUT2D eigenvalue weighted by Gasteiger charge is -2.24. The van der Waals surface area contributed by atoms with Gasteiger partial charge in [0.15, 0.2) is 5.75 Å². The monoisotopic (exact) mass is 545 g/mol. The van der Waals surface area contributed by atoms with Crippen LogP contribution in [0.4, 0.5) is 21.7 Å². The summed E-state index contributed by atoms with van der Waals surface area (Å²) in [6.45, 7) is 6.49. The lowest BCUT2D eigenvalue weighted by Crippen LogP contribution is -2.26. The van der Waals surface area contributed by atoms with Gasteiger partial charge in [0.25, 0.3) is 0 Å². The van der Waals surface area contributed by atoms with Gasteiger partial charge in [0.1, 0.15) is 11.6 Å². The van der Waals surface area contributed by atoms with E-state index in [9.17, 15) is 9.18 Å². The minimum absolute atomic E-state index is 0.153. The molecule has 208 valence electrons. The lowest BCUT2D eigenvalue weighted by molar-refractivity contribution is -0.111. The van der Waals surface area contributed by atoms with Gasteiger partial charge in [-0.15, -0.1) is 0 Å². The van der Waals surface area contributed by atoms with Gasteiger partial charge in [-0.2, -0.15) is 4.98 Å². The maximum absolute atomic E-state index is 14.0. The van der Waals surface area contributed by atoms with Crippen LogP contribution in [0.15, 0.2) is 61.3 Å². The topological polar surface area (TPSA) is 107 Å². The van der Waals surface area contributed by atoms with Crippen molar-refractivity contribution in [3.63, 3.8) is 0 Å². The van der Waals surface area contributed by atoms with E-state index in [1.54, 1.807) is 13.3 Å². The fourth-order valence-electron chi connectivity index (χ4n) is 4.81. The van der Waals surface area contributed by atoms with Crippen molar-refractivity contribution in [2.45, 2.75) is 25.2 Å². The first-order valence-corrected chi connectivity index (χ1v) is 13.2. The highest BCUT2D eigenvalue weighted by Gasteiger charge is 2.20. The van der Waals surface area contributed by atoms with Crippen LogP contribution in [0.25, 0.3) is 5.57 Å². The highest BCUT2D eigenvalue weighted by Crippen LogP contribution is 2.37. The number of nitrogens with one attached hydrogen (secondary N) is 3. The predicted octanol–water partition coefficient (Wildman–Crippen LogP) is 5.56. The first-order valence-electron chi connectivity index (χ1n) is 13.2. The maximum atomic E-state index is 14.0. The number of hydrogen-bond donors (Lipinski definition) is 3. The minimum atomic E-state index is -0.524. The minimum Gasteiger partial charge on any atom is -0.495 e. The second-order valence-corrected chi connectivity index (χ2v) is 9.51. The molecule has 40 heavy (non-hydrogen) atoms. The fourth-order valence-corrected chi connectivity index (χ4v) is 4.81. The van der Waals surface area contributed by atoms with Crippen LogP contribution in [0, 0.1) is 5.82 Å². The van der Waals surface area contributed by atoms with E-state index in [2.05, 4.69) is 44.6 Å². The summed E-state index contributed by atoms with van der Waals surface area (Å²) in [7, 11) is 1.64. The van der Waals surface area contributed by atoms with E-state index < -0.39 is 11.7 Å². The summed E-state index contributed by atoms with van der Waals surface area (Å²) in [6, 6.07) is 10.0. The Labute approximate surface area is 232 Å². The zero-order chi connectivity index (χ0) is 27.9. The third kappa shape index (κ3) is 6.47. The van der Waals surface area contributed by atoms with Crippen LogP contribution < -0.4 is 25.4 Å². The van der Waals surface area contributed by atoms with Gasteiger partial charge in [-0.1, -0.05) is 18.7 Å². The molecule has 0 aliphatic carbocycles. The molecule has 1 amide bonds. The smallest absolute Gasteiger partial charge is 0.247 e. The van der Waals surface area contributed by atoms with Crippen LogP contribution in [-0.4, -0.2) is 49.3 Å². The quantitative estimate of drug-likeness (QED) is 0.300. The van der Waals surface area contributed by atoms with Gasteiger partial charge in [-0.25, -0.2) is 9.37 Å². The summed E-state index contributed by atoms with van der Waals surface area (Å²) < 4.78 is 31.4. The fraction of sp³-hybridized carbons (Fsp3) is 0.300. The van der Waals surface area contributed by atoms with Gasteiger partial charge in [0.2, 0.25) is 17.7 Å². The van der Waals surface area contributed by atoms with Crippen molar-refractivity contribution >= 4 is 28.8 Å². The van der Waals surface area contributed by atoms with Gasteiger partial charge in [-0.3, -0.25) is 4.79 Å². The molecule has 5 rings (SSSR count). The molecule has 3 heterocycles. The van der Waals surface area contributed by atoms with E-state index in [0.29, 0.717) is 42.6 Å². The molecule has 9 nitrogen and oxygen atoms in total. The van der Waals surface area contributed by atoms with Crippen molar-refractivity contribution in [2.24, 2.45) is 0 Å². The normalized spacial score (nSPS) is 15.6. The molecule has 0 spiro atoms. The summed E-state index contributed by atoms with van der Waals surface area (Å²) in [5.41, 5.74) is 3.74. The van der Waals surface area contributed by atoms with Crippen molar-refractivity contribution in [3.05, 3.63) is 78.3 Å². The van der Waals surface area contributed by atoms with Crippen molar-refractivity contribution in [2.75, 3.05) is 44.0 Å². The average molecular weight is 546 g/mol. The Balaban J connectivity index is 1.47. The van der Waals surface area contributed by atoms with Crippen LogP contribution in [-0.2, 0) is 9.53 Å². The molecule has 0 unspecified atom stereocenters. The van der Waals surface area contributed by atoms with E-state index in [-0.39, 0.29) is 23.3 Å². The number of piperidine rings is 1. The average Bonchev–Trinajstić information content (AvgIpc) is 2.99. The Hall–Kier alpha value is -4.28. The van der Waals surface area contributed by atoms with Crippen molar-refractivity contribution in [1.82, 2.24) is 15.3 Å². The van der Waals surface area contributed by atoms with Crippen LogP contribution in [0.5, 0.6) is 17.4 Å². The van der Waals surface area contributed by atoms with Gasteiger partial charge >= 0.3 is 0 Å². The van der Waals surface area contributed by atoms with Crippen molar-refractivity contribution < 1.29 is 23.4 Å². The van der Waals surface area contributed by atoms with E-state index in [0.717, 1.165) is 37.6 Å². The number of aromatic nitrogens is 2. The molecule has 3 N–H and O–H groups in total. The number of methoxy groups -OCH3 is 1. The van der Waals surface area contributed by atoms with Gasteiger partial charge in [0, 0.05) is 12.3 Å². The van der Waals surface area contributed by atoms with Gasteiger partial charge in [0.05, 0.1) is 37.3 Å². The number of ether oxygens (including phenoxy) is 3. The van der Waals surface area contributed by atoms with Crippen LogP contribution >= 0.6 is 0 Å². The predicted molar refractivity (Wildman–Crippen MR) is 152 cm³/mol. The molecule has 2 aromatic carbocycles. The molecule has 3 aromatic rings. The number of hydrogen-bond acceptors (Lipinski definition) is 8. The molecule has 1 saturated heterocycles. The van der Waals surface area contributed by atoms with Gasteiger partial charge in [-0.05, 0) is 79.7 Å². The number of nitrogens with zero attached hydrogens (tertiary/aromatic N) is 2. The van der Waals surface area contributed by atoms with Crippen LogP contribution in [0.1, 0.15) is 36.3 Å². The summed E-state index contributed by atoms with van der Waals surface area (Å²) in [4.78, 5) is 21.2. The SMILES string of the molecule is C=CC(=O)Nc1cc(F)ccc1Oc1nc(Nc2ccc(C3CCNCC3)cc2OC)ncc1C1=CCOCC1. The molecule has 0 radical (unpaired) electrons. The Morgan fingerprint density at radius 3 is 2.77 bits per heavy atom. The summed E-state index contributed by atoms with van der Waals surface area (Å²) in [6.07, 6.45) is 7.56. The number of halogens is 1. The molecule has 0 atom stereocenters. The molecule has 10 heteroatoms. The molecule has 0 saturated carbocycles. The Kier molecular flexibility index (Phi) is 8.68. The molecule has 2 aliphatic rings. The zero-order valence-electron chi connectivity index (χ0n) is 22.3. The van der Waals surface area contributed by atoms with E-state index in [1.165, 1.54) is 23.8 Å². The molecular weight excluding hydrogens is 513 g/mol. The van der Waals surface area contributed by atoms with Gasteiger partial charge < -0.3 is 30.2 Å². The second kappa shape index (κ2) is 12.7. The van der Waals surface area contributed by atoms with Crippen molar-refractivity contribution in [1.29, 1.82) is 0 Å². The number of benzene rings is 2. The zero-order valence-corrected chi connectivity index (χ0v) is 22.3. The third-order valence-electron chi connectivity index (χ3n) is 6.94. The first kappa shape index (κ1) is 27.3. The van der Waals surface area contributed by atoms with Crippen LogP contribution in [0.2, 0.25) is 0 Å². The maximum Gasteiger partial charge on any atom is 0.247 e. The molecule has 1 aromatic heterocycles. The Morgan fingerprint density at radius 2 is 2.02 bits per heavy atom. The molecule has 2 aliphatic heterocycles. The Morgan fingerprint density at radius 1 is 1.18 bits per heavy atom. The largest absolute Gasteiger partial charge is 0.495 e. The number of amides is 1. The number of carbonyl (C=O) groups is 1. The van der Waals surface area contributed by atoms with Crippen LogP contribution in [0.3, 0.4) is 0 Å². The number of carbonyl (C=O) groups excluding carboxylic acids is 1. The lowest BCUT2D eigenvalue weighted by atomic mass is 9.90. The Bertz CT molecular complexity index is 1420. The molecular formula is C30H32FN5O4. The summed E-state index contributed by atoms with van der Waals surface area (Å²) >= 11 is 0. The highest BCUT2D eigenvalue weighted by molar-refractivity contribution is 5.99. The highest BCUT2D eigenvalue weighted by atomic mass is 19.1. The molecule has 0 bridgehead atoms. The first-order chi connectivity index (χ1) is 19.5. The van der Waals surface area contributed by atoms with E-state index >= 15 is 0 Å². The summed E-state index contributed by atoms with van der Waals surface area (Å²) in [5, 5.41) is 9.23. The van der Waals surface area contributed by atoms with E-state index in [1.807, 2.05) is 12.1 Å². The second-order valence-electron chi connectivity index (χ2n) is 9.51. The number of anilines is 3. The molecule has 1 fully saturated rings. The van der Waals surface area contributed by atoms with Crippen molar-refractivity contribution in [3.8, 4) is 17.4 Å². The summed E-state index contributed by atoms with van der Waals surface area (Å²) in [5.74, 6) is 0.913. The standard InChI is InChI=1S/C30H32FN5O4/c1-3-28(37)34-25-17-22(31)5-7-26(25)40-29-23(20-10-14-39-15-11-20)18-33-30(36-29)35-24-6-4-21(16-27(24)38-2)19-8-12-32-13-9-19/h3-7,10,16-19,32H,1,8-9,11-15H2,2H3,(H,34,37)(H,33,35,36). The third-order valence-corrected chi connectivity index (χ3v) is 6.94. The van der Waals surface area contributed by atoms with E-state index in [4.69, 9.17) is 14.2 Å².